The second-order valence-corrected chi connectivity index (χ2v) is 11.3. The first-order valence-corrected chi connectivity index (χ1v) is 12.4. The molecule has 174 valence electrons. The molecule has 2 N–H and O–H groups in total. The first-order valence-electron chi connectivity index (χ1n) is 12.4. The van der Waals surface area contributed by atoms with Gasteiger partial charge in [0.15, 0.2) is 5.78 Å². The van der Waals surface area contributed by atoms with Crippen molar-refractivity contribution in [2.75, 3.05) is 13.2 Å². The highest BCUT2D eigenvalue weighted by Crippen LogP contribution is 2.65. The number of carboxylic acid groups (broad SMARTS) is 1. The van der Waals surface area contributed by atoms with Crippen LogP contribution in [0.25, 0.3) is 0 Å². The molecule has 0 heterocycles. The lowest BCUT2D eigenvalue weighted by molar-refractivity contribution is -0.137. The molecule has 0 radical (unpaired) electrons. The molecule has 4 aliphatic carbocycles. The van der Waals surface area contributed by atoms with Crippen molar-refractivity contribution in [1.82, 2.24) is 0 Å². The zero-order valence-corrected chi connectivity index (χ0v) is 19.5. The van der Waals surface area contributed by atoms with Gasteiger partial charge in [-0.25, -0.2) is 0 Å². The maximum absolute atomic E-state index is 13.3. The van der Waals surface area contributed by atoms with E-state index in [1.54, 1.807) is 0 Å². The van der Waals surface area contributed by atoms with Crippen LogP contribution in [0.5, 0.6) is 0 Å². The molecule has 4 rings (SSSR count). The Morgan fingerprint density at radius 3 is 2.71 bits per heavy atom. The maximum atomic E-state index is 13.3. The summed E-state index contributed by atoms with van der Waals surface area (Å²) in [6, 6.07) is 0. The van der Waals surface area contributed by atoms with Crippen LogP contribution in [0.15, 0.2) is 11.1 Å². The van der Waals surface area contributed by atoms with E-state index in [0.29, 0.717) is 37.1 Å². The van der Waals surface area contributed by atoms with E-state index in [9.17, 15) is 9.59 Å². The number of ketones is 1. The van der Waals surface area contributed by atoms with Gasteiger partial charge in [0.2, 0.25) is 0 Å². The number of hydrogen-bond donors (Lipinski definition) is 2. The van der Waals surface area contributed by atoms with E-state index in [0.717, 1.165) is 50.5 Å². The Morgan fingerprint density at radius 2 is 2.00 bits per heavy atom. The Morgan fingerprint density at radius 1 is 1.23 bits per heavy atom. The van der Waals surface area contributed by atoms with E-state index in [1.165, 1.54) is 5.57 Å². The van der Waals surface area contributed by atoms with Gasteiger partial charge in [0, 0.05) is 18.4 Å². The highest BCUT2D eigenvalue weighted by atomic mass is 16.5. The van der Waals surface area contributed by atoms with Crippen LogP contribution >= 0.6 is 0 Å². The van der Waals surface area contributed by atoms with Crippen molar-refractivity contribution in [3.05, 3.63) is 11.1 Å². The van der Waals surface area contributed by atoms with Crippen molar-refractivity contribution in [2.24, 2.45) is 34.5 Å². The minimum absolute atomic E-state index is 0.0779. The number of aliphatic hydroxyl groups excluding tert-OH is 1. The number of hydrogen-bond acceptors (Lipinski definition) is 4. The number of carbonyl (C=O) groups is 2. The van der Waals surface area contributed by atoms with Crippen LogP contribution in [0.2, 0.25) is 0 Å². The van der Waals surface area contributed by atoms with Crippen molar-refractivity contribution in [3.8, 4) is 0 Å². The van der Waals surface area contributed by atoms with Gasteiger partial charge in [-0.1, -0.05) is 26.3 Å². The average Bonchev–Trinajstić information content (AvgIpc) is 3.01. The number of rotatable bonds is 7. The zero-order valence-electron chi connectivity index (χ0n) is 19.5. The Kier molecular flexibility index (Phi) is 6.39. The molecule has 3 saturated carbocycles. The van der Waals surface area contributed by atoms with Gasteiger partial charge in [-0.05, 0) is 85.9 Å². The molecule has 31 heavy (non-hydrogen) atoms. The summed E-state index contributed by atoms with van der Waals surface area (Å²) >= 11 is 0. The first kappa shape index (κ1) is 23.0. The predicted molar refractivity (Wildman–Crippen MR) is 119 cm³/mol. The van der Waals surface area contributed by atoms with Crippen LogP contribution in [0, 0.1) is 34.5 Å². The number of carboxylic acids is 1. The van der Waals surface area contributed by atoms with E-state index < -0.39 is 5.97 Å². The van der Waals surface area contributed by atoms with Crippen molar-refractivity contribution < 1.29 is 24.5 Å². The second kappa shape index (κ2) is 8.62. The van der Waals surface area contributed by atoms with Crippen LogP contribution in [0.4, 0.5) is 0 Å². The summed E-state index contributed by atoms with van der Waals surface area (Å²) in [4.78, 5) is 24.4. The summed E-state index contributed by atoms with van der Waals surface area (Å²) in [6.45, 7) is 7.43. The number of allylic oxidation sites excluding steroid dienone is 2. The van der Waals surface area contributed by atoms with Gasteiger partial charge < -0.3 is 14.9 Å². The SMILES string of the molecule is C[C@H](CCC(=O)O)[C@H]1CC(=O)C2=C3CC[C@H]4C[C@@H](OCCO)CC[C@]4(C)[C@H]3CC[C@@]21C. The molecule has 0 unspecified atom stereocenters. The first-order chi connectivity index (χ1) is 14.7. The third-order valence-electron chi connectivity index (χ3n) is 9.76. The van der Waals surface area contributed by atoms with Crippen LogP contribution in [-0.4, -0.2) is 41.3 Å². The molecule has 5 nitrogen and oxygen atoms in total. The molecule has 0 aromatic rings. The molecule has 5 heteroatoms. The molecule has 0 bridgehead atoms. The molecule has 0 saturated heterocycles. The summed E-state index contributed by atoms with van der Waals surface area (Å²) in [5.74, 6) is 1.27. The van der Waals surface area contributed by atoms with Crippen molar-refractivity contribution in [1.29, 1.82) is 0 Å². The highest BCUT2D eigenvalue weighted by Gasteiger charge is 2.58. The fourth-order valence-electron chi connectivity index (χ4n) is 8.08. The van der Waals surface area contributed by atoms with Crippen LogP contribution in [0.1, 0.15) is 85.0 Å². The Bertz CT molecular complexity index is 757. The highest BCUT2D eigenvalue weighted by molar-refractivity contribution is 6.00. The topological polar surface area (TPSA) is 83.8 Å². The summed E-state index contributed by atoms with van der Waals surface area (Å²) in [6.07, 6.45) is 9.34. The minimum Gasteiger partial charge on any atom is -0.481 e. The molecule has 4 aliphatic rings. The zero-order chi connectivity index (χ0) is 22.4. The molecule has 0 spiro atoms. The molecule has 0 aliphatic heterocycles. The molecular formula is C26H40O5. The van der Waals surface area contributed by atoms with Crippen LogP contribution in [0.3, 0.4) is 0 Å². The van der Waals surface area contributed by atoms with Crippen LogP contribution < -0.4 is 0 Å². The van der Waals surface area contributed by atoms with E-state index in [-0.39, 0.29) is 41.8 Å². The van der Waals surface area contributed by atoms with Crippen LogP contribution in [-0.2, 0) is 14.3 Å². The smallest absolute Gasteiger partial charge is 0.303 e. The van der Waals surface area contributed by atoms with Gasteiger partial charge >= 0.3 is 5.97 Å². The molecule has 3 fully saturated rings. The predicted octanol–water partition coefficient (Wildman–Crippen LogP) is 4.77. The summed E-state index contributed by atoms with van der Waals surface area (Å²) < 4.78 is 5.89. The van der Waals surface area contributed by atoms with Gasteiger partial charge in [0.05, 0.1) is 19.3 Å². The fraction of sp³-hybridized carbons (Fsp3) is 0.846. The van der Waals surface area contributed by atoms with Gasteiger partial charge in [-0.2, -0.15) is 0 Å². The van der Waals surface area contributed by atoms with E-state index in [2.05, 4.69) is 20.8 Å². The number of fused-ring (bicyclic) bond motifs is 4. The lowest BCUT2D eigenvalue weighted by Crippen LogP contribution is -2.49. The fourth-order valence-corrected chi connectivity index (χ4v) is 8.08. The molecule has 0 amide bonds. The van der Waals surface area contributed by atoms with Crippen molar-refractivity contribution in [2.45, 2.75) is 91.1 Å². The summed E-state index contributed by atoms with van der Waals surface area (Å²) in [5, 5.41) is 18.2. The quantitative estimate of drug-likeness (QED) is 0.606. The van der Waals surface area contributed by atoms with Gasteiger partial charge in [0.25, 0.3) is 0 Å². The molecular weight excluding hydrogens is 392 g/mol. The second-order valence-electron chi connectivity index (χ2n) is 11.3. The number of ether oxygens (including phenoxy) is 1. The van der Waals surface area contributed by atoms with E-state index in [4.69, 9.17) is 14.9 Å². The monoisotopic (exact) mass is 432 g/mol. The third-order valence-corrected chi connectivity index (χ3v) is 9.76. The third kappa shape index (κ3) is 3.90. The number of carbonyl (C=O) groups excluding carboxylic acids is 1. The van der Waals surface area contributed by atoms with E-state index in [1.807, 2.05) is 0 Å². The summed E-state index contributed by atoms with van der Waals surface area (Å²) in [5.41, 5.74) is 2.77. The average molecular weight is 433 g/mol. The van der Waals surface area contributed by atoms with Crippen molar-refractivity contribution in [3.63, 3.8) is 0 Å². The lowest BCUT2D eigenvalue weighted by Gasteiger charge is -2.56. The van der Waals surface area contributed by atoms with E-state index >= 15 is 0 Å². The van der Waals surface area contributed by atoms with Gasteiger partial charge in [-0.3, -0.25) is 9.59 Å². The van der Waals surface area contributed by atoms with Gasteiger partial charge in [-0.15, -0.1) is 0 Å². The molecule has 7 atom stereocenters. The Balaban J connectivity index is 1.57. The number of aliphatic carboxylic acids is 1. The largest absolute Gasteiger partial charge is 0.481 e. The number of aliphatic hydroxyl groups is 1. The lowest BCUT2D eigenvalue weighted by atomic mass is 9.48. The normalized spacial score (nSPS) is 40.8. The Hall–Kier alpha value is -1.20. The van der Waals surface area contributed by atoms with Gasteiger partial charge in [0.1, 0.15) is 0 Å². The van der Waals surface area contributed by atoms with Crippen molar-refractivity contribution >= 4 is 11.8 Å². The summed E-state index contributed by atoms with van der Waals surface area (Å²) in [7, 11) is 0. The molecule has 0 aromatic carbocycles. The maximum Gasteiger partial charge on any atom is 0.303 e. The standard InChI is InChI=1S/C26H40O5/c1-16(4-7-23(29)30)21-15-22(28)24-19-6-5-17-14-18(31-13-12-27)8-10-25(17,2)20(19)9-11-26(21,24)3/h16-18,20-21,27H,4-15H2,1-3H3,(H,29,30)/t16-,17+,18+,20+,21-,25+,26-/m1/s1. The molecule has 0 aromatic heterocycles. The number of Topliss-reactive ketones (excluding diaryl/α,β-unsaturated/α-hetero) is 1. The minimum atomic E-state index is -0.742. The Labute approximate surface area is 186 Å².